The molecule has 10 heteroatoms. The number of halogens is 3. The molecule has 3 heterocycles. The van der Waals surface area contributed by atoms with Crippen LogP contribution in [0.15, 0.2) is 42.7 Å². The Bertz CT molecular complexity index is 1080. The summed E-state index contributed by atoms with van der Waals surface area (Å²) < 4.78 is 50.4. The monoisotopic (exact) mass is 418 g/mol. The number of fused-ring (bicyclic) bond motifs is 1. The molecule has 30 heavy (non-hydrogen) atoms. The van der Waals surface area contributed by atoms with Gasteiger partial charge in [-0.25, -0.2) is 9.67 Å². The van der Waals surface area contributed by atoms with Crippen molar-refractivity contribution in [2.75, 3.05) is 13.2 Å². The van der Waals surface area contributed by atoms with Crippen molar-refractivity contribution in [2.24, 2.45) is 0 Å². The first kappa shape index (κ1) is 19.7. The standard InChI is InChI=1S/C20H17F3N4O3/c1-12-15(11-26-27(12)18-5-3-14(10-24-18)20(21,22)23)19(28)25-9-13-2-4-16-17(8-13)30-7-6-29-16/h2-5,8,10-11H,6-7,9H2,1H3,(H,25,28). The van der Waals surface area contributed by atoms with Gasteiger partial charge in [0.2, 0.25) is 0 Å². The van der Waals surface area contributed by atoms with Crippen molar-refractivity contribution in [3.05, 3.63) is 65.1 Å². The van der Waals surface area contributed by atoms with Gasteiger partial charge in [0.25, 0.3) is 5.91 Å². The summed E-state index contributed by atoms with van der Waals surface area (Å²) in [6.07, 6.45) is -2.38. The Morgan fingerprint density at radius 1 is 1.13 bits per heavy atom. The molecular formula is C20H17F3N4O3. The predicted octanol–water partition coefficient (Wildman–Crippen LogP) is 3.30. The lowest BCUT2D eigenvalue weighted by Crippen LogP contribution is -2.23. The van der Waals surface area contributed by atoms with Crippen molar-refractivity contribution in [1.82, 2.24) is 20.1 Å². The first-order valence-corrected chi connectivity index (χ1v) is 9.08. The van der Waals surface area contributed by atoms with Crippen LogP contribution in [0.3, 0.4) is 0 Å². The van der Waals surface area contributed by atoms with E-state index in [4.69, 9.17) is 9.47 Å². The third-order valence-electron chi connectivity index (χ3n) is 4.61. The second-order valence-corrected chi connectivity index (χ2v) is 6.62. The van der Waals surface area contributed by atoms with Crippen LogP contribution < -0.4 is 14.8 Å². The SMILES string of the molecule is Cc1c(C(=O)NCc2ccc3c(c2)OCCO3)cnn1-c1ccc(C(F)(F)F)cn1. The van der Waals surface area contributed by atoms with Crippen LogP contribution in [0.2, 0.25) is 0 Å². The molecule has 0 bridgehead atoms. The molecule has 4 rings (SSSR count). The lowest BCUT2D eigenvalue weighted by molar-refractivity contribution is -0.137. The average molecular weight is 418 g/mol. The number of alkyl halides is 3. The summed E-state index contributed by atoms with van der Waals surface area (Å²) in [7, 11) is 0. The molecule has 1 aliphatic heterocycles. The van der Waals surface area contributed by atoms with Gasteiger partial charge in [-0.3, -0.25) is 4.79 Å². The first-order chi connectivity index (χ1) is 14.3. The number of pyridine rings is 1. The molecule has 1 amide bonds. The Balaban J connectivity index is 1.46. The molecule has 1 aliphatic rings. The molecule has 0 saturated carbocycles. The highest BCUT2D eigenvalue weighted by molar-refractivity contribution is 5.95. The minimum atomic E-state index is -4.47. The number of benzene rings is 1. The van der Waals surface area contributed by atoms with Crippen LogP contribution in [-0.2, 0) is 12.7 Å². The summed E-state index contributed by atoms with van der Waals surface area (Å²) in [6.45, 7) is 2.88. The van der Waals surface area contributed by atoms with Gasteiger partial charge in [-0.05, 0) is 36.8 Å². The summed E-state index contributed by atoms with van der Waals surface area (Å²) in [5, 5.41) is 6.89. The highest BCUT2D eigenvalue weighted by Crippen LogP contribution is 2.31. The van der Waals surface area contributed by atoms with Gasteiger partial charge in [-0.15, -0.1) is 0 Å². The highest BCUT2D eigenvalue weighted by atomic mass is 19.4. The number of aromatic nitrogens is 3. The van der Waals surface area contributed by atoms with Gasteiger partial charge in [0.15, 0.2) is 17.3 Å². The van der Waals surface area contributed by atoms with Crippen LogP contribution in [0.4, 0.5) is 13.2 Å². The minimum absolute atomic E-state index is 0.186. The Hall–Kier alpha value is -3.56. The molecule has 0 fully saturated rings. The van der Waals surface area contributed by atoms with E-state index in [9.17, 15) is 18.0 Å². The van der Waals surface area contributed by atoms with E-state index in [-0.39, 0.29) is 18.3 Å². The summed E-state index contributed by atoms with van der Waals surface area (Å²) in [4.78, 5) is 16.4. The van der Waals surface area contributed by atoms with Crippen molar-refractivity contribution >= 4 is 5.91 Å². The van der Waals surface area contributed by atoms with Gasteiger partial charge >= 0.3 is 6.18 Å². The maximum atomic E-state index is 12.7. The number of nitrogens with one attached hydrogen (secondary N) is 1. The Morgan fingerprint density at radius 3 is 2.60 bits per heavy atom. The van der Waals surface area contributed by atoms with Crippen LogP contribution in [0.5, 0.6) is 11.5 Å². The Kier molecular flexibility index (Phi) is 5.06. The summed E-state index contributed by atoms with van der Waals surface area (Å²) in [5.74, 6) is 1.12. The van der Waals surface area contributed by atoms with Gasteiger partial charge in [0.1, 0.15) is 13.2 Å². The zero-order valence-corrected chi connectivity index (χ0v) is 15.9. The topological polar surface area (TPSA) is 78.3 Å². The quantitative estimate of drug-likeness (QED) is 0.704. The molecule has 0 aliphatic carbocycles. The van der Waals surface area contributed by atoms with Crippen LogP contribution in [0, 0.1) is 6.92 Å². The fourth-order valence-electron chi connectivity index (χ4n) is 3.02. The van der Waals surface area contributed by atoms with Gasteiger partial charge in [0, 0.05) is 12.7 Å². The fourth-order valence-corrected chi connectivity index (χ4v) is 3.02. The van der Waals surface area contributed by atoms with E-state index < -0.39 is 11.7 Å². The molecule has 3 aromatic rings. The molecule has 0 spiro atoms. The molecule has 0 atom stereocenters. The second kappa shape index (κ2) is 7.69. The van der Waals surface area contributed by atoms with E-state index in [1.54, 1.807) is 19.1 Å². The van der Waals surface area contributed by atoms with Crippen LogP contribution in [-0.4, -0.2) is 33.9 Å². The van der Waals surface area contributed by atoms with Crippen LogP contribution in [0.25, 0.3) is 5.82 Å². The highest BCUT2D eigenvalue weighted by Gasteiger charge is 2.30. The van der Waals surface area contributed by atoms with Crippen molar-refractivity contribution in [1.29, 1.82) is 0 Å². The van der Waals surface area contributed by atoms with Crippen LogP contribution >= 0.6 is 0 Å². The number of amides is 1. The summed E-state index contributed by atoms with van der Waals surface area (Å²) in [6, 6.07) is 7.55. The summed E-state index contributed by atoms with van der Waals surface area (Å²) >= 11 is 0. The van der Waals surface area contributed by atoms with Gasteiger partial charge < -0.3 is 14.8 Å². The van der Waals surface area contributed by atoms with E-state index in [0.717, 1.165) is 17.8 Å². The van der Waals surface area contributed by atoms with Gasteiger partial charge in [-0.2, -0.15) is 18.3 Å². The zero-order chi connectivity index (χ0) is 21.3. The minimum Gasteiger partial charge on any atom is -0.486 e. The Morgan fingerprint density at radius 2 is 1.90 bits per heavy atom. The number of hydrogen-bond donors (Lipinski definition) is 1. The zero-order valence-electron chi connectivity index (χ0n) is 15.9. The van der Waals surface area contributed by atoms with Gasteiger partial charge in [-0.1, -0.05) is 6.07 Å². The number of nitrogens with zero attached hydrogens (tertiary/aromatic N) is 3. The third-order valence-corrected chi connectivity index (χ3v) is 4.61. The van der Waals surface area contributed by atoms with Crippen molar-refractivity contribution in [3.8, 4) is 17.3 Å². The normalized spacial score (nSPS) is 13.2. The average Bonchev–Trinajstić information content (AvgIpc) is 3.12. The molecule has 7 nitrogen and oxygen atoms in total. The fraction of sp³-hybridized carbons (Fsp3) is 0.250. The van der Waals surface area contributed by atoms with Crippen molar-refractivity contribution in [3.63, 3.8) is 0 Å². The number of hydrogen-bond acceptors (Lipinski definition) is 5. The Labute approximate surface area is 169 Å². The number of ether oxygens (including phenoxy) is 2. The third kappa shape index (κ3) is 3.93. The van der Waals surface area contributed by atoms with E-state index in [0.29, 0.717) is 36.0 Å². The smallest absolute Gasteiger partial charge is 0.417 e. The predicted molar refractivity (Wildman–Crippen MR) is 99.7 cm³/mol. The second-order valence-electron chi connectivity index (χ2n) is 6.62. The maximum Gasteiger partial charge on any atom is 0.417 e. The van der Waals surface area contributed by atoms with E-state index in [1.807, 2.05) is 6.07 Å². The maximum absolute atomic E-state index is 12.7. The lowest BCUT2D eigenvalue weighted by Gasteiger charge is -2.19. The van der Waals surface area contributed by atoms with E-state index >= 15 is 0 Å². The number of carbonyl (C=O) groups is 1. The number of rotatable bonds is 4. The van der Waals surface area contributed by atoms with Gasteiger partial charge in [0.05, 0.1) is 23.0 Å². The molecule has 2 aromatic heterocycles. The van der Waals surface area contributed by atoms with Crippen molar-refractivity contribution in [2.45, 2.75) is 19.6 Å². The first-order valence-electron chi connectivity index (χ1n) is 9.08. The largest absolute Gasteiger partial charge is 0.486 e. The van der Waals surface area contributed by atoms with Crippen molar-refractivity contribution < 1.29 is 27.4 Å². The molecular weight excluding hydrogens is 401 g/mol. The van der Waals surface area contributed by atoms with E-state index in [2.05, 4.69) is 15.4 Å². The van der Waals surface area contributed by atoms with E-state index in [1.165, 1.54) is 16.9 Å². The molecule has 0 unspecified atom stereocenters. The molecule has 156 valence electrons. The lowest BCUT2D eigenvalue weighted by atomic mass is 10.2. The molecule has 0 saturated heterocycles. The number of carbonyl (C=O) groups excluding carboxylic acids is 1. The molecule has 0 radical (unpaired) electrons. The molecule has 1 aromatic carbocycles. The molecule has 1 N–H and O–H groups in total. The summed E-state index contributed by atoms with van der Waals surface area (Å²) in [5.41, 5.74) is 0.742. The van der Waals surface area contributed by atoms with Crippen LogP contribution in [0.1, 0.15) is 27.2 Å².